The standard InChI is InChI=1S/C16H24N2O6/c1-17-6-3-5-10(17)9-4-2-7-18(8-9)15-13(21)11(19)12(20)14(24-15)16(22)23/h2,4,7,10-15,19-21H,3,5-6,8H2,1H3,(H,22,23)/t10-,11+,12-,13+,14+,15-/m0/s1. The van der Waals surface area contributed by atoms with E-state index in [0.717, 1.165) is 25.0 Å². The Labute approximate surface area is 140 Å². The highest BCUT2D eigenvalue weighted by molar-refractivity contribution is 5.73. The summed E-state index contributed by atoms with van der Waals surface area (Å²) in [4.78, 5) is 15.2. The number of nitrogens with zero attached hydrogens (tertiary/aromatic N) is 2. The van der Waals surface area contributed by atoms with Crippen LogP contribution in [0.25, 0.3) is 0 Å². The molecule has 0 amide bonds. The molecule has 0 unspecified atom stereocenters. The molecule has 3 rings (SSSR count). The summed E-state index contributed by atoms with van der Waals surface area (Å²) in [6.45, 7) is 1.50. The summed E-state index contributed by atoms with van der Waals surface area (Å²) in [7, 11) is 2.06. The smallest absolute Gasteiger partial charge is 0.335 e. The number of allylic oxidation sites excluding steroid dienone is 2. The number of hydrogen-bond donors (Lipinski definition) is 4. The second-order valence-corrected chi connectivity index (χ2v) is 6.65. The van der Waals surface area contributed by atoms with Crippen LogP contribution in [0.5, 0.6) is 0 Å². The Balaban J connectivity index is 1.75. The van der Waals surface area contributed by atoms with E-state index in [9.17, 15) is 20.1 Å². The summed E-state index contributed by atoms with van der Waals surface area (Å²) in [5, 5.41) is 39.1. The Bertz CT molecular complexity index is 551. The van der Waals surface area contributed by atoms with E-state index in [0.29, 0.717) is 12.6 Å². The molecule has 0 aromatic rings. The molecule has 6 atom stereocenters. The molecule has 3 aliphatic rings. The Morgan fingerprint density at radius 1 is 1.25 bits per heavy atom. The highest BCUT2D eigenvalue weighted by atomic mass is 16.6. The van der Waals surface area contributed by atoms with Crippen molar-refractivity contribution >= 4 is 5.97 Å². The summed E-state index contributed by atoms with van der Waals surface area (Å²) < 4.78 is 5.39. The van der Waals surface area contributed by atoms with Gasteiger partial charge in [-0.15, -0.1) is 0 Å². The van der Waals surface area contributed by atoms with Gasteiger partial charge in [0.05, 0.1) is 0 Å². The van der Waals surface area contributed by atoms with E-state index >= 15 is 0 Å². The fourth-order valence-corrected chi connectivity index (χ4v) is 3.70. The number of likely N-dealkylation sites (tertiary alicyclic amines) is 1. The minimum Gasteiger partial charge on any atom is -0.479 e. The molecule has 2 saturated heterocycles. The first-order chi connectivity index (χ1) is 11.4. The predicted molar refractivity (Wildman–Crippen MR) is 83.9 cm³/mol. The maximum atomic E-state index is 11.2. The van der Waals surface area contributed by atoms with Crippen LogP contribution in [0.4, 0.5) is 0 Å². The molecular formula is C16H24N2O6. The molecule has 8 heteroatoms. The van der Waals surface area contributed by atoms with Gasteiger partial charge in [0.15, 0.2) is 12.3 Å². The van der Waals surface area contributed by atoms with Gasteiger partial charge < -0.3 is 30.1 Å². The average molecular weight is 340 g/mol. The minimum atomic E-state index is -1.67. The van der Waals surface area contributed by atoms with Crippen LogP contribution in [0.3, 0.4) is 0 Å². The number of carbonyl (C=O) groups is 1. The van der Waals surface area contributed by atoms with E-state index in [2.05, 4.69) is 11.9 Å². The van der Waals surface area contributed by atoms with Crippen molar-refractivity contribution in [3.63, 3.8) is 0 Å². The number of carboxylic acids is 1. The number of hydrogen-bond acceptors (Lipinski definition) is 7. The molecule has 3 heterocycles. The fraction of sp³-hybridized carbons (Fsp3) is 0.688. The minimum absolute atomic E-state index is 0.309. The fourth-order valence-electron chi connectivity index (χ4n) is 3.70. The Kier molecular flexibility index (Phi) is 4.93. The van der Waals surface area contributed by atoms with E-state index in [1.807, 2.05) is 12.2 Å². The largest absolute Gasteiger partial charge is 0.479 e. The molecule has 0 bridgehead atoms. The Morgan fingerprint density at radius 2 is 2.00 bits per heavy atom. The first-order valence-corrected chi connectivity index (χ1v) is 8.16. The SMILES string of the molecule is CN1CCC[C@H]1C1=CC=CN([C@H]2O[C@@H](C(=O)O)[C@@H](O)[C@@H](O)[C@H]2O)C1. The van der Waals surface area contributed by atoms with Crippen LogP contribution < -0.4 is 0 Å². The number of carboxylic acid groups (broad SMARTS) is 1. The van der Waals surface area contributed by atoms with Gasteiger partial charge in [0.2, 0.25) is 0 Å². The van der Waals surface area contributed by atoms with Gasteiger partial charge in [-0.3, -0.25) is 4.90 Å². The zero-order valence-electron chi connectivity index (χ0n) is 13.5. The van der Waals surface area contributed by atoms with Crippen LogP contribution in [0, 0.1) is 0 Å². The van der Waals surface area contributed by atoms with Crippen LogP contribution >= 0.6 is 0 Å². The zero-order valence-corrected chi connectivity index (χ0v) is 13.5. The van der Waals surface area contributed by atoms with Gasteiger partial charge in [-0.2, -0.15) is 0 Å². The van der Waals surface area contributed by atoms with Crippen molar-refractivity contribution in [2.24, 2.45) is 0 Å². The van der Waals surface area contributed by atoms with Crippen molar-refractivity contribution in [3.05, 3.63) is 23.9 Å². The first-order valence-electron chi connectivity index (χ1n) is 8.16. The van der Waals surface area contributed by atoms with Gasteiger partial charge in [0, 0.05) is 18.8 Å². The molecule has 4 N–H and O–H groups in total. The van der Waals surface area contributed by atoms with Crippen molar-refractivity contribution in [2.75, 3.05) is 20.1 Å². The molecule has 0 aromatic heterocycles. The van der Waals surface area contributed by atoms with Gasteiger partial charge in [-0.25, -0.2) is 4.79 Å². The van der Waals surface area contributed by atoms with Crippen molar-refractivity contribution in [2.45, 2.75) is 49.5 Å². The van der Waals surface area contributed by atoms with Gasteiger partial charge in [0.1, 0.15) is 18.3 Å². The van der Waals surface area contributed by atoms with Crippen LogP contribution in [0.1, 0.15) is 12.8 Å². The monoisotopic (exact) mass is 340 g/mol. The van der Waals surface area contributed by atoms with Crippen LogP contribution in [-0.4, -0.2) is 93.0 Å². The lowest BCUT2D eigenvalue weighted by atomic mass is 9.96. The summed E-state index contributed by atoms with van der Waals surface area (Å²) in [6.07, 6.45) is 0.471. The Morgan fingerprint density at radius 3 is 2.62 bits per heavy atom. The molecule has 3 aliphatic heterocycles. The normalized spacial score (nSPS) is 40.7. The molecule has 0 spiro atoms. The van der Waals surface area contributed by atoms with Gasteiger partial charge in [-0.1, -0.05) is 6.08 Å². The second-order valence-electron chi connectivity index (χ2n) is 6.65. The molecule has 2 fully saturated rings. The third kappa shape index (κ3) is 3.07. The quantitative estimate of drug-likeness (QED) is 0.503. The third-order valence-electron chi connectivity index (χ3n) is 5.06. The van der Waals surface area contributed by atoms with Gasteiger partial charge in [0.25, 0.3) is 0 Å². The van der Waals surface area contributed by atoms with Crippen LogP contribution in [-0.2, 0) is 9.53 Å². The van der Waals surface area contributed by atoms with E-state index in [1.54, 1.807) is 11.1 Å². The molecule has 0 aromatic carbocycles. The van der Waals surface area contributed by atoms with Crippen LogP contribution in [0.15, 0.2) is 23.9 Å². The number of likely N-dealkylation sites (N-methyl/N-ethyl adjacent to an activating group) is 1. The first kappa shape index (κ1) is 17.4. The summed E-state index contributed by atoms with van der Waals surface area (Å²) >= 11 is 0. The molecule has 0 aliphatic carbocycles. The molecule has 0 saturated carbocycles. The lowest BCUT2D eigenvalue weighted by Gasteiger charge is -2.44. The molecule has 8 nitrogen and oxygen atoms in total. The number of aliphatic carboxylic acids is 1. The second kappa shape index (κ2) is 6.81. The van der Waals surface area contributed by atoms with Crippen LogP contribution in [0.2, 0.25) is 0 Å². The predicted octanol–water partition coefficient (Wildman–Crippen LogP) is -1.27. The highest BCUT2D eigenvalue weighted by Crippen LogP contribution is 2.29. The zero-order chi connectivity index (χ0) is 17.4. The lowest BCUT2D eigenvalue weighted by molar-refractivity contribution is -0.253. The molecule has 0 radical (unpaired) electrons. The topological polar surface area (TPSA) is 114 Å². The lowest BCUT2D eigenvalue weighted by Crippen LogP contribution is -2.63. The summed E-state index contributed by atoms with van der Waals surface area (Å²) in [6, 6.07) is 0.309. The van der Waals surface area contributed by atoms with E-state index in [-0.39, 0.29) is 0 Å². The maximum Gasteiger partial charge on any atom is 0.335 e. The number of aliphatic hydroxyl groups is 3. The van der Waals surface area contributed by atoms with Crippen molar-refractivity contribution < 1.29 is 30.0 Å². The molecular weight excluding hydrogens is 316 g/mol. The van der Waals surface area contributed by atoms with Crippen molar-refractivity contribution in [1.29, 1.82) is 0 Å². The molecule has 24 heavy (non-hydrogen) atoms. The Hall–Kier alpha value is -1.45. The van der Waals surface area contributed by atoms with Crippen molar-refractivity contribution in [3.8, 4) is 0 Å². The van der Waals surface area contributed by atoms with E-state index < -0.39 is 36.6 Å². The van der Waals surface area contributed by atoms with E-state index in [4.69, 9.17) is 9.84 Å². The number of ether oxygens (including phenoxy) is 1. The highest BCUT2D eigenvalue weighted by Gasteiger charge is 2.48. The number of rotatable bonds is 3. The average Bonchev–Trinajstić information content (AvgIpc) is 2.99. The van der Waals surface area contributed by atoms with Gasteiger partial charge >= 0.3 is 5.97 Å². The third-order valence-corrected chi connectivity index (χ3v) is 5.06. The number of aliphatic hydroxyl groups excluding tert-OH is 3. The molecule has 134 valence electrons. The van der Waals surface area contributed by atoms with E-state index in [1.165, 1.54) is 0 Å². The van der Waals surface area contributed by atoms with Gasteiger partial charge in [-0.05, 0) is 38.1 Å². The summed E-state index contributed by atoms with van der Waals surface area (Å²) in [5.74, 6) is -1.37. The van der Waals surface area contributed by atoms with Crippen molar-refractivity contribution in [1.82, 2.24) is 9.80 Å². The maximum absolute atomic E-state index is 11.2. The summed E-state index contributed by atoms with van der Waals surface area (Å²) in [5.41, 5.74) is 1.15.